The van der Waals surface area contributed by atoms with Crippen molar-refractivity contribution in [1.82, 2.24) is 0 Å². The molecule has 2 nitrogen and oxygen atoms in total. The number of aryl methyl sites for hydroxylation is 3. The molecule has 0 atom stereocenters. The average Bonchev–Trinajstić information content (AvgIpc) is 2.33. The van der Waals surface area contributed by atoms with Crippen LogP contribution in [0.2, 0.25) is 0 Å². The van der Waals surface area contributed by atoms with Gasteiger partial charge in [-0.15, -0.1) is 0 Å². The van der Waals surface area contributed by atoms with Crippen molar-refractivity contribution < 1.29 is 0 Å². The van der Waals surface area contributed by atoms with Gasteiger partial charge in [-0.1, -0.05) is 24.4 Å². The molecule has 19 heavy (non-hydrogen) atoms. The number of rotatable bonds is 3. The minimum atomic E-state index is 0.441. The molecule has 3 heteroatoms. The maximum atomic E-state index is 5.67. The highest BCUT2D eigenvalue weighted by Gasteiger charge is 2.04. The van der Waals surface area contributed by atoms with Gasteiger partial charge in [0.05, 0.1) is 0 Å². The van der Waals surface area contributed by atoms with Gasteiger partial charge in [0.15, 0.2) is 0 Å². The largest absolute Gasteiger partial charge is 0.389 e. The lowest BCUT2D eigenvalue weighted by atomic mass is 10.1. The Morgan fingerprint density at radius 3 is 2.37 bits per heavy atom. The van der Waals surface area contributed by atoms with Crippen LogP contribution in [0, 0.1) is 20.8 Å². The van der Waals surface area contributed by atoms with Gasteiger partial charge in [-0.3, -0.25) is 0 Å². The van der Waals surface area contributed by atoms with Gasteiger partial charge < -0.3 is 11.1 Å². The molecule has 0 aliphatic carbocycles. The molecule has 0 saturated carbocycles. The summed E-state index contributed by atoms with van der Waals surface area (Å²) in [6, 6.07) is 12.4. The van der Waals surface area contributed by atoms with E-state index in [4.69, 9.17) is 18.0 Å². The van der Waals surface area contributed by atoms with Crippen LogP contribution < -0.4 is 11.1 Å². The molecule has 0 amide bonds. The van der Waals surface area contributed by atoms with E-state index in [1.807, 2.05) is 19.1 Å². The van der Waals surface area contributed by atoms with E-state index in [1.54, 1.807) is 0 Å². The lowest BCUT2D eigenvalue weighted by Gasteiger charge is -2.12. The van der Waals surface area contributed by atoms with Gasteiger partial charge in [-0.25, -0.2) is 0 Å². The Labute approximate surface area is 119 Å². The summed E-state index contributed by atoms with van der Waals surface area (Å²) < 4.78 is 0. The highest BCUT2D eigenvalue weighted by molar-refractivity contribution is 7.80. The molecule has 0 saturated heterocycles. The summed E-state index contributed by atoms with van der Waals surface area (Å²) in [4.78, 5) is 0.441. The lowest BCUT2D eigenvalue weighted by Crippen LogP contribution is -2.11. The monoisotopic (exact) mass is 270 g/mol. The number of hydrogen-bond acceptors (Lipinski definition) is 2. The van der Waals surface area contributed by atoms with E-state index in [2.05, 4.69) is 43.4 Å². The molecule has 98 valence electrons. The fraction of sp³-hybridized carbons (Fsp3) is 0.188. The Kier molecular flexibility index (Phi) is 3.86. The fourth-order valence-electron chi connectivity index (χ4n) is 2.04. The first-order valence-corrected chi connectivity index (χ1v) is 6.63. The summed E-state index contributed by atoms with van der Waals surface area (Å²) >= 11 is 5.02. The first-order chi connectivity index (χ1) is 8.97. The van der Waals surface area contributed by atoms with Crippen molar-refractivity contribution in [2.45, 2.75) is 20.8 Å². The van der Waals surface area contributed by atoms with E-state index in [9.17, 15) is 0 Å². The number of benzene rings is 2. The van der Waals surface area contributed by atoms with Crippen LogP contribution in [-0.4, -0.2) is 4.99 Å². The Hall–Kier alpha value is -1.87. The van der Waals surface area contributed by atoms with Crippen molar-refractivity contribution in [3.05, 3.63) is 58.7 Å². The second kappa shape index (κ2) is 5.41. The van der Waals surface area contributed by atoms with Crippen LogP contribution in [0.3, 0.4) is 0 Å². The van der Waals surface area contributed by atoms with Gasteiger partial charge in [0.2, 0.25) is 0 Å². The number of hydrogen-bond donors (Lipinski definition) is 2. The van der Waals surface area contributed by atoms with E-state index in [0.717, 1.165) is 22.5 Å². The van der Waals surface area contributed by atoms with Crippen LogP contribution in [0.4, 0.5) is 11.4 Å². The second-order valence-corrected chi connectivity index (χ2v) is 5.28. The summed E-state index contributed by atoms with van der Waals surface area (Å²) in [5.74, 6) is 0. The first kappa shape index (κ1) is 13.6. The van der Waals surface area contributed by atoms with Crippen molar-refractivity contribution >= 4 is 28.6 Å². The molecule has 2 aromatic carbocycles. The third-order valence-electron chi connectivity index (χ3n) is 3.16. The molecule has 0 radical (unpaired) electrons. The van der Waals surface area contributed by atoms with Gasteiger partial charge in [0.1, 0.15) is 4.99 Å². The predicted octanol–water partition coefficient (Wildman–Crippen LogP) is 3.99. The molecule has 0 fully saturated rings. The second-order valence-electron chi connectivity index (χ2n) is 4.84. The Balaban J connectivity index is 2.31. The molecule has 0 heterocycles. The van der Waals surface area contributed by atoms with Gasteiger partial charge in [0, 0.05) is 16.9 Å². The van der Waals surface area contributed by atoms with Gasteiger partial charge in [0.25, 0.3) is 0 Å². The van der Waals surface area contributed by atoms with Crippen LogP contribution in [0.5, 0.6) is 0 Å². The van der Waals surface area contributed by atoms with Gasteiger partial charge in [-0.05, 0) is 61.7 Å². The van der Waals surface area contributed by atoms with Crippen LogP contribution in [0.15, 0.2) is 36.4 Å². The molecule has 0 spiro atoms. The third-order valence-corrected chi connectivity index (χ3v) is 3.38. The molecule has 3 N–H and O–H groups in total. The van der Waals surface area contributed by atoms with Gasteiger partial charge in [-0.2, -0.15) is 0 Å². The predicted molar refractivity (Wildman–Crippen MR) is 86.3 cm³/mol. The van der Waals surface area contributed by atoms with E-state index >= 15 is 0 Å². The summed E-state index contributed by atoms with van der Waals surface area (Å²) in [5.41, 5.74) is 12.3. The van der Waals surface area contributed by atoms with Crippen LogP contribution >= 0.6 is 12.2 Å². The van der Waals surface area contributed by atoms with Crippen molar-refractivity contribution in [1.29, 1.82) is 0 Å². The lowest BCUT2D eigenvalue weighted by molar-refractivity contribution is 1.36. The Morgan fingerprint density at radius 1 is 1.00 bits per heavy atom. The van der Waals surface area contributed by atoms with E-state index in [0.29, 0.717) is 4.99 Å². The van der Waals surface area contributed by atoms with Crippen molar-refractivity contribution in [3.8, 4) is 0 Å². The van der Waals surface area contributed by atoms with Crippen LogP contribution in [0.1, 0.15) is 22.3 Å². The summed E-state index contributed by atoms with van der Waals surface area (Å²) in [6.45, 7) is 6.20. The van der Waals surface area contributed by atoms with Gasteiger partial charge >= 0.3 is 0 Å². The quantitative estimate of drug-likeness (QED) is 0.828. The molecule has 0 unspecified atom stereocenters. The fourth-order valence-corrected chi connectivity index (χ4v) is 2.27. The Bertz CT molecular complexity index is 633. The number of nitrogens with two attached hydrogens (primary N) is 1. The number of thiocarbonyl (C=S) groups is 1. The van der Waals surface area contributed by atoms with Crippen molar-refractivity contribution in [2.75, 3.05) is 5.32 Å². The summed E-state index contributed by atoms with van der Waals surface area (Å²) in [7, 11) is 0. The standard InChI is InChI=1S/C16H18N2S/c1-10-4-5-11(2)15(8-10)18-13-6-7-14(16(17)19)12(3)9-13/h4-9,18H,1-3H3,(H2,17,19). The smallest absolute Gasteiger partial charge is 0.104 e. The van der Waals surface area contributed by atoms with E-state index < -0.39 is 0 Å². The molecule has 2 rings (SSSR count). The van der Waals surface area contributed by atoms with Crippen molar-refractivity contribution in [2.24, 2.45) is 5.73 Å². The van der Waals surface area contributed by atoms with E-state index in [-0.39, 0.29) is 0 Å². The minimum absolute atomic E-state index is 0.441. The molecule has 2 aromatic rings. The molecule has 0 aliphatic heterocycles. The maximum absolute atomic E-state index is 5.67. The normalized spacial score (nSPS) is 10.3. The van der Waals surface area contributed by atoms with Crippen molar-refractivity contribution in [3.63, 3.8) is 0 Å². The maximum Gasteiger partial charge on any atom is 0.104 e. The molecular weight excluding hydrogens is 252 g/mol. The SMILES string of the molecule is Cc1ccc(C)c(Nc2ccc(C(N)=S)c(C)c2)c1. The summed E-state index contributed by atoms with van der Waals surface area (Å²) in [6.07, 6.45) is 0. The summed E-state index contributed by atoms with van der Waals surface area (Å²) in [5, 5.41) is 3.44. The molecule has 0 aromatic heterocycles. The highest BCUT2D eigenvalue weighted by atomic mass is 32.1. The number of nitrogens with one attached hydrogen (secondary N) is 1. The topological polar surface area (TPSA) is 38.0 Å². The Morgan fingerprint density at radius 2 is 1.74 bits per heavy atom. The average molecular weight is 270 g/mol. The molecule has 0 bridgehead atoms. The zero-order chi connectivity index (χ0) is 14.0. The first-order valence-electron chi connectivity index (χ1n) is 6.22. The van der Waals surface area contributed by atoms with Crippen LogP contribution in [-0.2, 0) is 0 Å². The highest BCUT2D eigenvalue weighted by Crippen LogP contribution is 2.23. The molecule has 0 aliphatic rings. The van der Waals surface area contributed by atoms with Crippen LogP contribution in [0.25, 0.3) is 0 Å². The zero-order valence-electron chi connectivity index (χ0n) is 11.4. The number of anilines is 2. The molecular formula is C16H18N2S. The van der Waals surface area contributed by atoms with E-state index in [1.165, 1.54) is 11.1 Å². The minimum Gasteiger partial charge on any atom is -0.389 e. The third kappa shape index (κ3) is 3.12. The zero-order valence-corrected chi connectivity index (χ0v) is 12.3.